The first-order valence-corrected chi connectivity index (χ1v) is 8.05. The number of ether oxygens (including phenoxy) is 1. The molecule has 0 spiro atoms. The molecule has 0 aliphatic rings. The highest BCUT2D eigenvalue weighted by atomic mass is 19.4. The second-order valence-corrected chi connectivity index (χ2v) is 5.40. The van der Waals surface area contributed by atoms with Crippen LogP contribution in [-0.4, -0.2) is 27.4 Å². The van der Waals surface area contributed by atoms with Crippen LogP contribution in [-0.2, 0) is 12.7 Å². The molecule has 0 aliphatic carbocycles. The van der Waals surface area contributed by atoms with Gasteiger partial charge >= 0.3 is 12.2 Å². The average Bonchev–Trinajstić information content (AvgIpc) is 3.04. The van der Waals surface area contributed by atoms with Crippen LogP contribution in [0.1, 0.15) is 38.2 Å². The second kappa shape index (κ2) is 8.07. The quantitative estimate of drug-likeness (QED) is 0.813. The number of anilines is 1. The number of halogens is 3. The summed E-state index contributed by atoms with van der Waals surface area (Å²) in [5, 5.41) is 9.04. The van der Waals surface area contributed by atoms with Crippen LogP contribution < -0.4 is 15.4 Å². The summed E-state index contributed by atoms with van der Waals surface area (Å²) in [6.45, 7) is 6.09. The van der Waals surface area contributed by atoms with E-state index in [1.54, 1.807) is 18.5 Å². The Kier molecular flexibility index (Phi) is 6.06. The number of amides is 2. The molecule has 26 heavy (non-hydrogen) atoms. The maximum Gasteiger partial charge on any atom is 0.416 e. The minimum atomic E-state index is -4.53. The van der Waals surface area contributed by atoms with Crippen molar-refractivity contribution in [2.75, 3.05) is 11.9 Å². The molecule has 142 valence electrons. The number of hydrogen-bond acceptors (Lipinski definition) is 4. The molecule has 2 amide bonds. The molecular formula is C16H20F3N5O2. The highest BCUT2D eigenvalue weighted by Gasteiger charge is 2.31. The fourth-order valence-electron chi connectivity index (χ4n) is 2.36. The van der Waals surface area contributed by atoms with Crippen molar-refractivity contribution in [2.45, 2.75) is 39.5 Å². The zero-order valence-corrected chi connectivity index (χ0v) is 14.6. The molecule has 0 radical (unpaired) electrons. The second-order valence-electron chi connectivity index (χ2n) is 5.40. The molecule has 1 heterocycles. The monoisotopic (exact) mass is 371 g/mol. The smallest absolute Gasteiger partial charge is 0.416 e. The first kappa shape index (κ1) is 19.5. The molecule has 0 unspecified atom stereocenters. The van der Waals surface area contributed by atoms with E-state index in [-0.39, 0.29) is 18.0 Å². The Morgan fingerprint density at radius 2 is 2.08 bits per heavy atom. The van der Waals surface area contributed by atoms with Crippen LogP contribution in [0.25, 0.3) is 0 Å². The van der Waals surface area contributed by atoms with E-state index in [0.717, 1.165) is 12.1 Å². The first-order chi connectivity index (χ1) is 12.3. The van der Waals surface area contributed by atoms with Gasteiger partial charge in [-0.05, 0) is 39.0 Å². The number of carbonyl (C=O) groups is 1. The number of alkyl halides is 3. The van der Waals surface area contributed by atoms with Crippen molar-refractivity contribution in [3.63, 3.8) is 0 Å². The van der Waals surface area contributed by atoms with Gasteiger partial charge in [0.05, 0.1) is 23.9 Å². The standard InChI is InChI=1S/C16H20F3N5O2/c1-4-24-14(20-9-21-24)10(3)22-15(25)23-12-8-11(16(17,18)19)6-7-13(12)26-5-2/h6-10H,4-5H2,1-3H3,(H2,22,23,25)/t10-/m0/s1. The molecule has 0 saturated heterocycles. The number of rotatable bonds is 6. The van der Waals surface area contributed by atoms with Crippen molar-refractivity contribution >= 4 is 11.7 Å². The Balaban J connectivity index is 2.16. The molecule has 0 aliphatic heterocycles. The van der Waals surface area contributed by atoms with Crippen molar-refractivity contribution in [3.8, 4) is 5.75 Å². The Morgan fingerprint density at radius 3 is 2.69 bits per heavy atom. The Hall–Kier alpha value is -2.78. The lowest BCUT2D eigenvalue weighted by atomic mass is 10.2. The van der Waals surface area contributed by atoms with Gasteiger partial charge in [-0.2, -0.15) is 18.3 Å². The van der Waals surface area contributed by atoms with Crippen LogP contribution >= 0.6 is 0 Å². The molecular weight excluding hydrogens is 351 g/mol. The van der Waals surface area contributed by atoms with Gasteiger partial charge in [-0.25, -0.2) is 14.5 Å². The van der Waals surface area contributed by atoms with Crippen molar-refractivity contribution in [1.82, 2.24) is 20.1 Å². The van der Waals surface area contributed by atoms with Crippen LogP contribution in [0, 0.1) is 0 Å². The highest BCUT2D eigenvalue weighted by molar-refractivity contribution is 5.91. The third-order valence-corrected chi connectivity index (χ3v) is 3.53. The molecule has 0 fully saturated rings. The molecule has 0 bridgehead atoms. The van der Waals surface area contributed by atoms with E-state index in [0.29, 0.717) is 12.4 Å². The van der Waals surface area contributed by atoms with Gasteiger partial charge in [0.25, 0.3) is 0 Å². The van der Waals surface area contributed by atoms with Crippen molar-refractivity contribution < 1.29 is 22.7 Å². The molecule has 7 nitrogen and oxygen atoms in total. The molecule has 2 rings (SSSR count). The van der Waals surface area contributed by atoms with Gasteiger partial charge in [0.15, 0.2) is 0 Å². The predicted octanol–water partition coefficient (Wildman–Crippen LogP) is 3.60. The Bertz CT molecular complexity index is 761. The van der Waals surface area contributed by atoms with Crippen molar-refractivity contribution in [1.29, 1.82) is 0 Å². The lowest BCUT2D eigenvalue weighted by molar-refractivity contribution is -0.137. The normalized spacial score (nSPS) is 12.5. The molecule has 2 N–H and O–H groups in total. The van der Waals surface area contributed by atoms with Gasteiger partial charge in [0, 0.05) is 6.54 Å². The summed E-state index contributed by atoms with van der Waals surface area (Å²) in [5.41, 5.74) is -0.946. The molecule has 1 atom stereocenters. The van der Waals surface area contributed by atoms with Gasteiger partial charge in [-0.15, -0.1) is 0 Å². The lowest BCUT2D eigenvalue weighted by Crippen LogP contribution is -2.33. The van der Waals surface area contributed by atoms with Gasteiger partial charge in [-0.3, -0.25) is 0 Å². The lowest BCUT2D eigenvalue weighted by Gasteiger charge is -2.17. The highest BCUT2D eigenvalue weighted by Crippen LogP contribution is 2.35. The summed E-state index contributed by atoms with van der Waals surface area (Å²) < 4.78 is 45.6. The number of benzene rings is 1. The fraction of sp³-hybridized carbons (Fsp3) is 0.438. The third-order valence-electron chi connectivity index (χ3n) is 3.53. The van der Waals surface area contributed by atoms with Crippen LogP contribution in [0.3, 0.4) is 0 Å². The summed E-state index contributed by atoms with van der Waals surface area (Å²) in [5.74, 6) is 0.691. The summed E-state index contributed by atoms with van der Waals surface area (Å²) in [4.78, 5) is 16.3. The zero-order valence-electron chi connectivity index (χ0n) is 14.6. The minimum absolute atomic E-state index is 0.0664. The van der Waals surface area contributed by atoms with E-state index in [4.69, 9.17) is 4.74 Å². The first-order valence-electron chi connectivity index (χ1n) is 8.05. The van der Waals surface area contributed by atoms with E-state index in [1.165, 1.54) is 12.4 Å². The number of hydrogen-bond donors (Lipinski definition) is 2. The van der Waals surface area contributed by atoms with Gasteiger partial charge < -0.3 is 15.4 Å². The predicted molar refractivity (Wildman–Crippen MR) is 88.9 cm³/mol. The van der Waals surface area contributed by atoms with E-state index >= 15 is 0 Å². The zero-order chi connectivity index (χ0) is 19.3. The summed E-state index contributed by atoms with van der Waals surface area (Å²) >= 11 is 0. The number of nitrogens with one attached hydrogen (secondary N) is 2. The Labute approximate surface area is 148 Å². The van der Waals surface area contributed by atoms with Gasteiger partial charge in [-0.1, -0.05) is 0 Å². The Morgan fingerprint density at radius 1 is 1.35 bits per heavy atom. The third kappa shape index (κ3) is 4.64. The number of nitrogens with zero attached hydrogens (tertiary/aromatic N) is 3. The molecule has 10 heteroatoms. The number of carbonyl (C=O) groups excluding carboxylic acids is 1. The molecule has 1 aromatic carbocycles. The maximum absolute atomic E-state index is 12.9. The van der Waals surface area contributed by atoms with E-state index in [9.17, 15) is 18.0 Å². The summed E-state index contributed by atoms with van der Waals surface area (Å²) in [6.07, 6.45) is -3.16. The van der Waals surface area contributed by atoms with Crippen LogP contribution in [0.15, 0.2) is 24.5 Å². The van der Waals surface area contributed by atoms with Crippen molar-refractivity contribution in [2.24, 2.45) is 0 Å². The maximum atomic E-state index is 12.9. The minimum Gasteiger partial charge on any atom is -0.492 e. The number of aromatic nitrogens is 3. The van der Waals surface area contributed by atoms with Crippen LogP contribution in [0.2, 0.25) is 0 Å². The number of urea groups is 1. The van der Waals surface area contributed by atoms with E-state index in [2.05, 4.69) is 20.7 Å². The summed E-state index contributed by atoms with van der Waals surface area (Å²) in [6, 6.07) is 1.76. The van der Waals surface area contributed by atoms with Crippen LogP contribution in [0.4, 0.5) is 23.7 Å². The van der Waals surface area contributed by atoms with E-state index < -0.39 is 23.8 Å². The molecule has 2 aromatic rings. The largest absolute Gasteiger partial charge is 0.492 e. The summed E-state index contributed by atoms with van der Waals surface area (Å²) in [7, 11) is 0. The van der Waals surface area contributed by atoms with Gasteiger partial charge in [0.1, 0.15) is 17.9 Å². The average molecular weight is 371 g/mol. The SMILES string of the molecule is CCOc1ccc(C(F)(F)F)cc1NC(=O)N[C@@H](C)c1ncnn1CC. The topological polar surface area (TPSA) is 81.1 Å². The van der Waals surface area contributed by atoms with Crippen molar-refractivity contribution in [3.05, 3.63) is 35.9 Å². The molecule has 1 aromatic heterocycles. The van der Waals surface area contributed by atoms with E-state index in [1.807, 2.05) is 6.92 Å². The molecule has 0 saturated carbocycles. The number of aryl methyl sites for hydroxylation is 1. The van der Waals surface area contributed by atoms with Gasteiger partial charge in [0.2, 0.25) is 0 Å². The fourth-order valence-corrected chi connectivity index (χ4v) is 2.36. The van der Waals surface area contributed by atoms with Crippen LogP contribution in [0.5, 0.6) is 5.75 Å².